The molecular weight excluding hydrogens is 356 g/mol. The average Bonchev–Trinajstić information content (AvgIpc) is 2.69. The van der Waals surface area contributed by atoms with Crippen molar-refractivity contribution < 1.29 is 8.42 Å². The van der Waals surface area contributed by atoms with Crippen molar-refractivity contribution in [2.24, 2.45) is 5.73 Å². The molecule has 0 saturated heterocycles. The lowest BCUT2D eigenvalue weighted by Crippen LogP contribution is -2.31. The molecule has 4 nitrogen and oxygen atoms in total. The van der Waals surface area contributed by atoms with E-state index < -0.39 is 16.1 Å². The molecule has 3 aromatic rings. The predicted molar refractivity (Wildman–Crippen MR) is 109 cm³/mol. The summed E-state index contributed by atoms with van der Waals surface area (Å²) in [4.78, 5) is 0.252. The Kier molecular flexibility index (Phi) is 6.06. The molecule has 3 aromatic carbocycles. The van der Waals surface area contributed by atoms with Crippen molar-refractivity contribution >= 4 is 10.0 Å². The fourth-order valence-corrected chi connectivity index (χ4v) is 4.24. The normalized spacial score (nSPS) is 13.9. The number of nitrogens with two attached hydrogens (primary N) is 1. The van der Waals surface area contributed by atoms with Crippen molar-refractivity contribution in [2.75, 3.05) is 0 Å². The van der Waals surface area contributed by atoms with Crippen LogP contribution in [0.1, 0.15) is 35.2 Å². The number of aryl methyl sites for hydroxylation is 1. The molecule has 27 heavy (non-hydrogen) atoms. The van der Waals surface area contributed by atoms with Crippen molar-refractivity contribution in [3.8, 4) is 0 Å². The molecule has 2 atom stereocenters. The third kappa shape index (κ3) is 5.04. The summed E-state index contributed by atoms with van der Waals surface area (Å²) in [5.41, 5.74) is 9.26. The largest absolute Gasteiger partial charge is 0.324 e. The minimum Gasteiger partial charge on any atom is -0.324 e. The van der Waals surface area contributed by atoms with Crippen LogP contribution in [0, 0.1) is 6.92 Å². The fourth-order valence-electron chi connectivity index (χ4n) is 3.00. The summed E-state index contributed by atoms with van der Waals surface area (Å²) in [5, 5.41) is 0. The van der Waals surface area contributed by atoms with Crippen LogP contribution in [0.15, 0.2) is 89.8 Å². The molecule has 3 N–H and O–H groups in total. The molecule has 0 aromatic heterocycles. The Morgan fingerprint density at radius 3 is 1.89 bits per heavy atom. The third-order valence-corrected chi connectivity index (χ3v) is 6.04. The molecule has 0 spiro atoms. The van der Waals surface area contributed by atoms with Gasteiger partial charge in [-0.05, 0) is 36.6 Å². The highest BCUT2D eigenvalue weighted by atomic mass is 32.2. The monoisotopic (exact) mass is 380 g/mol. The maximum atomic E-state index is 12.9. The molecule has 3 rings (SSSR count). The van der Waals surface area contributed by atoms with E-state index in [0.29, 0.717) is 6.42 Å². The van der Waals surface area contributed by atoms with Crippen LogP contribution in [0.25, 0.3) is 0 Å². The summed E-state index contributed by atoms with van der Waals surface area (Å²) in [5.74, 6) is 0. The highest BCUT2D eigenvalue weighted by Crippen LogP contribution is 2.27. The van der Waals surface area contributed by atoms with Gasteiger partial charge in [-0.25, -0.2) is 13.1 Å². The van der Waals surface area contributed by atoms with Gasteiger partial charge in [-0.1, -0.05) is 78.4 Å². The highest BCUT2D eigenvalue weighted by molar-refractivity contribution is 7.89. The molecule has 0 bridgehead atoms. The van der Waals surface area contributed by atoms with Crippen LogP contribution >= 0.6 is 0 Å². The van der Waals surface area contributed by atoms with Gasteiger partial charge in [0.15, 0.2) is 0 Å². The van der Waals surface area contributed by atoms with Gasteiger partial charge in [-0.3, -0.25) is 0 Å². The third-order valence-electron chi connectivity index (χ3n) is 4.55. The van der Waals surface area contributed by atoms with Crippen molar-refractivity contribution in [3.05, 3.63) is 102 Å². The molecule has 0 fully saturated rings. The zero-order valence-corrected chi connectivity index (χ0v) is 16.1. The lowest BCUT2D eigenvalue weighted by Gasteiger charge is -2.23. The minimum atomic E-state index is -3.66. The van der Waals surface area contributed by atoms with Crippen molar-refractivity contribution in [3.63, 3.8) is 0 Å². The van der Waals surface area contributed by atoms with E-state index in [1.165, 1.54) is 0 Å². The first-order valence-electron chi connectivity index (χ1n) is 8.90. The van der Waals surface area contributed by atoms with E-state index in [9.17, 15) is 8.42 Å². The Morgan fingerprint density at radius 1 is 0.815 bits per heavy atom. The fraction of sp³-hybridized carbons (Fsp3) is 0.182. The molecule has 0 aliphatic carbocycles. The van der Waals surface area contributed by atoms with E-state index in [4.69, 9.17) is 5.73 Å². The number of hydrogen-bond donors (Lipinski definition) is 2. The summed E-state index contributed by atoms with van der Waals surface area (Å²) in [7, 11) is -3.66. The molecule has 5 heteroatoms. The summed E-state index contributed by atoms with van der Waals surface area (Å²) < 4.78 is 28.6. The zero-order valence-electron chi connectivity index (χ0n) is 15.2. The second kappa shape index (κ2) is 8.48. The Hall–Kier alpha value is -2.47. The van der Waals surface area contributed by atoms with Gasteiger partial charge in [-0.2, -0.15) is 0 Å². The molecule has 0 heterocycles. The Labute approximate surface area is 161 Å². The molecule has 140 valence electrons. The first-order chi connectivity index (χ1) is 13.0. The second-order valence-corrected chi connectivity index (χ2v) is 8.36. The smallest absolute Gasteiger partial charge is 0.241 e. The number of rotatable bonds is 7. The van der Waals surface area contributed by atoms with Crippen LogP contribution in [0.5, 0.6) is 0 Å². The Morgan fingerprint density at radius 2 is 1.33 bits per heavy atom. The maximum absolute atomic E-state index is 12.9. The molecule has 0 saturated carbocycles. The number of benzene rings is 3. The highest BCUT2D eigenvalue weighted by Gasteiger charge is 2.23. The first kappa shape index (κ1) is 19.3. The van der Waals surface area contributed by atoms with Crippen LogP contribution in [-0.4, -0.2) is 8.42 Å². The predicted octanol–water partition coefficient (Wildman–Crippen LogP) is 4.10. The number of hydrogen-bond acceptors (Lipinski definition) is 3. The summed E-state index contributed by atoms with van der Waals surface area (Å²) in [6, 6.07) is 25.4. The molecule has 0 aliphatic rings. The first-order valence-corrected chi connectivity index (χ1v) is 10.4. The van der Waals surface area contributed by atoms with Gasteiger partial charge in [-0.15, -0.1) is 0 Å². The van der Waals surface area contributed by atoms with E-state index >= 15 is 0 Å². The maximum Gasteiger partial charge on any atom is 0.241 e. The molecule has 0 aliphatic heterocycles. The Balaban J connectivity index is 1.87. The summed E-state index contributed by atoms with van der Waals surface area (Å²) in [6.45, 7) is 1.93. The van der Waals surface area contributed by atoms with Gasteiger partial charge in [0.25, 0.3) is 0 Å². The topological polar surface area (TPSA) is 72.2 Å². The minimum absolute atomic E-state index is 0.252. The van der Waals surface area contributed by atoms with Crippen molar-refractivity contribution in [2.45, 2.75) is 30.3 Å². The lowest BCUT2D eigenvalue weighted by molar-refractivity contribution is 0.502. The standard InChI is InChI=1S/C22H24N2O2S/c1-17-12-14-20(15-13-17)27(25,26)24-22(19-10-6-3-7-11-19)16-21(23)18-8-4-2-5-9-18/h2-15,21-22,24H,16,23H2,1H3/t21-,22-/m0/s1. The summed E-state index contributed by atoms with van der Waals surface area (Å²) in [6.07, 6.45) is 0.457. The van der Waals surface area contributed by atoms with E-state index in [1.54, 1.807) is 24.3 Å². The molecule has 0 amide bonds. The van der Waals surface area contributed by atoms with Gasteiger partial charge in [0, 0.05) is 12.1 Å². The SMILES string of the molecule is Cc1ccc(S(=O)(=O)N[C@@H](C[C@H](N)c2ccccc2)c2ccccc2)cc1. The molecule has 0 unspecified atom stereocenters. The van der Waals surface area contributed by atoms with Crippen LogP contribution in [0.3, 0.4) is 0 Å². The van der Waals surface area contributed by atoms with Gasteiger partial charge < -0.3 is 5.73 Å². The number of nitrogens with one attached hydrogen (secondary N) is 1. The van der Waals surface area contributed by atoms with Crippen molar-refractivity contribution in [1.29, 1.82) is 0 Å². The number of sulfonamides is 1. The van der Waals surface area contributed by atoms with Gasteiger partial charge in [0.1, 0.15) is 0 Å². The lowest BCUT2D eigenvalue weighted by atomic mass is 9.96. The van der Waals surface area contributed by atoms with Crippen LogP contribution in [0.2, 0.25) is 0 Å². The van der Waals surface area contributed by atoms with Crippen LogP contribution in [-0.2, 0) is 10.0 Å². The van der Waals surface area contributed by atoms with Crippen LogP contribution in [0.4, 0.5) is 0 Å². The molecular formula is C22H24N2O2S. The Bertz CT molecular complexity index is 956. The van der Waals surface area contributed by atoms with E-state index in [0.717, 1.165) is 16.7 Å². The van der Waals surface area contributed by atoms with E-state index in [-0.39, 0.29) is 10.9 Å². The summed E-state index contributed by atoms with van der Waals surface area (Å²) >= 11 is 0. The molecule has 0 radical (unpaired) electrons. The van der Waals surface area contributed by atoms with Crippen LogP contribution < -0.4 is 10.5 Å². The second-order valence-electron chi connectivity index (χ2n) is 6.65. The average molecular weight is 381 g/mol. The quantitative estimate of drug-likeness (QED) is 0.648. The zero-order chi connectivity index (χ0) is 19.3. The van der Waals surface area contributed by atoms with Gasteiger partial charge in [0.2, 0.25) is 10.0 Å². The van der Waals surface area contributed by atoms with Gasteiger partial charge >= 0.3 is 0 Å². The van der Waals surface area contributed by atoms with Gasteiger partial charge in [0.05, 0.1) is 4.90 Å². The van der Waals surface area contributed by atoms with Crippen molar-refractivity contribution in [1.82, 2.24) is 4.72 Å². The van der Waals surface area contributed by atoms with E-state index in [2.05, 4.69) is 4.72 Å². The van der Waals surface area contributed by atoms with E-state index in [1.807, 2.05) is 67.6 Å².